The van der Waals surface area contributed by atoms with Gasteiger partial charge in [0, 0.05) is 12.4 Å². The first-order valence-electron chi connectivity index (χ1n) is 8.01. The summed E-state index contributed by atoms with van der Waals surface area (Å²) in [5.74, 6) is 2.25. The normalized spacial score (nSPS) is 23.3. The second-order valence-electron chi connectivity index (χ2n) is 6.65. The Bertz CT molecular complexity index is 1020. The molecule has 0 radical (unpaired) electrons. The highest BCUT2D eigenvalue weighted by molar-refractivity contribution is 5.65. The van der Waals surface area contributed by atoms with Crippen molar-refractivity contribution in [3.8, 4) is 11.3 Å². The first kappa shape index (κ1) is 12.9. The van der Waals surface area contributed by atoms with Gasteiger partial charge in [-0.2, -0.15) is 5.10 Å². The highest BCUT2D eigenvalue weighted by Gasteiger charge is 2.48. The minimum atomic E-state index is -0.503. The zero-order valence-corrected chi connectivity index (χ0v) is 12.5. The van der Waals surface area contributed by atoms with E-state index in [1.807, 2.05) is 22.8 Å². The molecule has 2 N–H and O–H groups in total. The summed E-state index contributed by atoms with van der Waals surface area (Å²) in [4.78, 5) is 28.1. The van der Waals surface area contributed by atoms with E-state index in [1.165, 1.54) is 31.0 Å². The lowest BCUT2D eigenvalue weighted by atomic mass is 10.1. The van der Waals surface area contributed by atoms with E-state index in [2.05, 4.69) is 21.1 Å². The van der Waals surface area contributed by atoms with Crippen molar-refractivity contribution in [3.05, 3.63) is 57.0 Å². The lowest BCUT2D eigenvalue weighted by Gasteiger charge is -2.08. The largest absolute Gasteiger partial charge is 0.325 e. The quantitative estimate of drug-likeness (QED) is 0.775. The molecule has 0 bridgehead atoms. The van der Waals surface area contributed by atoms with Crippen LogP contribution in [0.15, 0.2) is 40.2 Å². The number of fused-ring (bicyclic) bond motifs is 1. The maximum absolute atomic E-state index is 12.1. The summed E-state index contributed by atoms with van der Waals surface area (Å²) in [5.41, 5.74) is 2.46. The van der Waals surface area contributed by atoms with E-state index < -0.39 is 11.2 Å². The Labute approximate surface area is 131 Å². The van der Waals surface area contributed by atoms with Gasteiger partial charge in [0.1, 0.15) is 0 Å². The molecule has 2 atom stereocenters. The predicted octanol–water partition coefficient (Wildman–Crippen LogP) is 1.89. The van der Waals surface area contributed by atoms with Gasteiger partial charge >= 0.3 is 5.69 Å². The van der Waals surface area contributed by atoms with Gasteiger partial charge in [-0.3, -0.25) is 9.78 Å². The Hall–Kier alpha value is -2.63. The van der Waals surface area contributed by atoms with Gasteiger partial charge in [0.2, 0.25) is 0 Å². The summed E-state index contributed by atoms with van der Waals surface area (Å²) in [6, 6.07) is 6.07. The number of H-pyrrole nitrogens is 2. The van der Waals surface area contributed by atoms with Crippen LogP contribution in [-0.4, -0.2) is 19.6 Å². The number of rotatable bonds is 3. The van der Waals surface area contributed by atoms with E-state index in [1.54, 1.807) is 0 Å². The topological polar surface area (TPSA) is 83.0 Å². The van der Waals surface area contributed by atoms with Crippen molar-refractivity contribution in [1.29, 1.82) is 0 Å². The molecule has 3 heterocycles. The van der Waals surface area contributed by atoms with Gasteiger partial charge in [0.05, 0.1) is 16.8 Å². The van der Waals surface area contributed by atoms with Crippen LogP contribution in [0.5, 0.6) is 0 Å². The first-order valence-corrected chi connectivity index (χ1v) is 8.01. The molecule has 2 aliphatic rings. The molecule has 23 heavy (non-hydrogen) atoms. The molecular weight excluding hydrogens is 292 g/mol. The third kappa shape index (κ3) is 2.05. The Kier molecular flexibility index (Phi) is 2.48. The molecule has 0 aromatic carbocycles. The minimum absolute atomic E-state index is 0.394. The van der Waals surface area contributed by atoms with E-state index in [0.717, 1.165) is 17.4 Å². The van der Waals surface area contributed by atoms with Crippen molar-refractivity contribution in [1.82, 2.24) is 19.6 Å². The molecule has 6 nitrogen and oxygen atoms in total. The first-order chi connectivity index (χ1) is 11.2. The molecule has 3 aromatic heterocycles. The van der Waals surface area contributed by atoms with Gasteiger partial charge < -0.3 is 4.98 Å². The zero-order valence-electron chi connectivity index (χ0n) is 12.5. The SMILES string of the molecule is O=c1[nH]cc(-c2cc(C3CC3C3CC3)c3cccn3n2)c(=O)[nH]1. The molecule has 5 rings (SSSR count). The van der Waals surface area contributed by atoms with Crippen molar-refractivity contribution in [2.45, 2.75) is 25.2 Å². The molecule has 2 fully saturated rings. The molecule has 116 valence electrons. The zero-order chi connectivity index (χ0) is 15.6. The third-order valence-electron chi connectivity index (χ3n) is 5.09. The molecule has 2 unspecified atom stereocenters. The highest BCUT2D eigenvalue weighted by Crippen LogP contribution is 2.60. The number of hydrogen-bond donors (Lipinski definition) is 2. The van der Waals surface area contributed by atoms with Gasteiger partial charge in [0.15, 0.2) is 0 Å². The molecule has 3 aromatic rings. The molecule has 0 saturated heterocycles. The summed E-state index contributed by atoms with van der Waals surface area (Å²) >= 11 is 0. The van der Waals surface area contributed by atoms with E-state index in [9.17, 15) is 9.59 Å². The van der Waals surface area contributed by atoms with Gasteiger partial charge in [0.25, 0.3) is 5.56 Å². The Balaban J connectivity index is 1.67. The van der Waals surface area contributed by atoms with E-state index in [0.29, 0.717) is 17.2 Å². The molecule has 2 aliphatic carbocycles. The van der Waals surface area contributed by atoms with Crippen molar-refractivity contribution in [3.63, 3.8) is 0 Å². The number of nitrogens with one attached hydrogen (secondary N) is 2. The molecule has 6 heteroatoms. The number of hydrogen-bond acceptors (Lipinski definition) is 3. The number of aromatic nitrogens is 4. The van der Waals surface area contributed by atoms with Gasteiger partial charge in [-0.05, 0) is 60.8 Å². The molecular formula is C17H16N4O2. The van der Waals surface area contributed by atoms with Crippen LogP contribution in [0.25, 0.3) is 16.8 Å². The lowest BCUT2D eigenvalue weighted by Crippen LogP contribution is -2.23. The van der Waals surface area contributed by atoms with Gasteiger partial charge in [-0.15, -0.1) is 0 Å². The van der Waals surface area contributed by atoms with Crippen molar-refractivity contribution in [2.75, 3.05) is 0 Å². The summed E-state index contributed by atoms with van der Waals surface area (Å²) in [6.07, 6.45) is 7.29. The summed E-state index contributed by atoms with van der Waals surface area (Å²) in [7, 11) is 0. The van der Waals surface area contributed by atoms with E-state index >= 15 is 0 Å². The molecule has 2 saturated carbocycles. The summed E-state index contributed by atoms with van der Waals surface area (Å²) < 4.78 is 1.83. The Morgan fingerprint density at radius 3 is 2.91 bits per heavy atom. The summed E-state index contributed by atoms with van der Waals surface area (Å²) in [5, 5.41) is 4.53. The fourth-order valence-electron chi connectivity index (χ4n) is 3.70. The second kappa shape index (κ2) is 4.44. The van der Waals surface area contributed by atoms with Crippen LogP contribution in [0.4, 0.5) is 0 Å². The fraction of sp³-hybridized carbons (Fsp3) is 0.353. The van der Waals surface area contributed by atoms with Crippen LogP contribution >= 0.6 is 0 Å². The van der Waals surface area contributed by atoms with Crippen LogP contribution in [0.1, 0.15) is 30.7 Å². The average molecular weight is 308 g/mol. The average Bonchev–Trinajstić information content (AvgIpc) is 3.42. The standard InChI is InChI=1S/C17H16N4O2/c22-16-13(8-18-17(23)19-16)14-7-12(11-6-10(11)9-3-4-9)15-2-1-5-21(15)20-14/h1-2,5,7-11H,3-4,6H2,(H2,18,19,22,23). The Morgan fingerprint density at radius 2 is 2.13 bits per heavy atom. The van der Waals surface area contributed by atoms with Crippen LogP contribution in [0.2, 0.25) is 0 Å². The van der Waals surface area contributed by atoms with Crippen LogP contribution in [-0.2, 0) is 0 Å². The van der Waals surface area contributed by atoms with E-state index in [4.69, 9.17) is 0 Å². The number of nitrogens with zero attached hydrogens (tertiary/aromatic N) is 2. The number of aromatic amines is 2. The second-order valence-corrected chi connectivity index (χ2v) is 6.65. The predicted molar refractivity (Wildman–Crippen MR) is 85.4 cm³/mol. The molecule has 0 spiro atoms. The van der Waals surface area contributed by atoms with Crippen LogP contribution < -0.4 is 11.2 Å². The molecule has 0 aliphatic heterocycles. The maximum atomic E-state index is 12.1. The van der Waals surface area contributed by atoms with Crippen molar-refractivity contribution in [2.24, 2.45) is 11.8 Å². The van der Waals surface area contributed by atoms with Crippen LogP contribution in [0.3, 0.4) is 0 Å². The highest BCUT2D eigenvalue weighted by atomic mass is 16.2. The minimum Gasteiger partial charge on any atom is -0.313 e. The summed E-state index contributed by atoms with van der Waals surface area (Å²) in [6.45, 7) is 0. The third-order valence-corrected chi connectivity index (χ3v) is 5.09. The van der Waals surface area contributed by atoms with Crippen molar-refractivity contribution >= 4 is 5.52 Å². The lowest BCUT2D eigenvalue weighted by molar-refractivity contribution is 0.690. The smallest absolute Gasteiger partial charge is 0.313 e. The monoisotopic (exact) mass is 308 g/mol. The van der Waals surface area contributed by atoms with Crippen LogP contribution in [0, 0.1) is 11.8 Å². The van der Waals surface area contributed by atoms with Gasteiger partial charge in [-0.1, -0.05) is 0 Å². The van der Waals surface area contributed by atoms with Crippen molar-refractivity contribution < 1.29 is 0 Å². The molecule has 0 amide bonds. The Morgan fingerprint density at radius 1 is 1.26 bits per heavy atom. The maximum Gasteiger partial charge on any atom is 0.325 e. The van der Waals surface area contributed by atoms with Gasteiger partial charge in [-0.25, -0.2) is 9.31 Å². The fourth-order valence-corrected chi connectivity index (χ4v) is 3.70. The van der Waals surface area contributed by atoms with E-state index in [-0.39, 0.29) is 0 Å².